The number of anilines is 1. The quantitative estimate of drug-likeness (QED) is 0.580. The van der Waals surface area contributed by atoms with Crippen molar-refractivity contribution >= 4 is 40.2 Å². The van der Waals surface area contributed by atoms with Gasteiger partial charge in [-0.3, -0.25) is 9.59 Å². The minimum atomic E-state index is -0.667. The molecule has 0 aliphatic rings. The van der Waals surface area contributed by atoms with Crippen LogP contribution in [0.4, 0.5) is 5.00 Å². The maximum atomic E-state index is 11.8. The number of ether oxygens (including phenoxy) is 2. The Morgan fingerprint density at radius 3 is 2.80 bits per heavy atom. The number of nitrogens with two attached hydrogens (primary N) is 1. The second-order valence-electron chi connectivity index (χ2n) is 4.79. The number of hydrogen-bond acceptors (Lipinski definition) is 6. The van der Waals surface area contributed by atoms with E-state index >= 15 is 0 Å². The first-order valence-electron chi connectivity index (χ1n) is 7.15. The van der Waals surface area contributed by atoms with Crippen molar-refractivity contribution in [3.63, 3.8) is 0 Å². The summed E-state index contributed by atoms with van der Waals surface area (Å²) >= 11 is 1.15. The second kappa shape index (κ2) is 8.65. The first-order chi connectivity index (χ1) is 12.0. The van der Waals surface area contributed by atoms with Crippen LogP contribution in [0.3, 0.4) is 0 Å². The molecule has 0 fully saturated rings. The van der Waals surface area contributed by atoms with Gasteiger partial charge in [-0.05, 0) is 35.2 Å². The van der Waals surface area contributed by atoms with Crippen LogP contribution in [-0.2, 0) is 14.3 Å². The summed E-state index contributed by atoms with van der Waals surface area (Å²) in [5.74, 6) is -1.21. The number of methoxy groups -OCH3 is 1. The SMILES string of the molecule is COc1cccc(C=CC(=O)OCC(=O)Nc2sccc2C(N)=O)c1. The number of rotatable bonds is 7. The molecule has 0 bridgehead atoms. The summed E-state index contributed by atoms with van der Waals surface area (Å²) in [4.78, 5) is 34.6. The van der Waals surface area contributed by atoms with E-state index in [1.807, 2.05) is 0 Å². The molecule has 8 heteroatoms. The van der Waals surface area contributed by atoms with Crippen molar-refractivity contribution in [2.75, 3.05) is 19.0 Å². The number of esters is 1. The van der Waals surface area contributed by atoms with E-state index in [0.717, 1.165) is 16.9 Å². The molecule has 0 radical (unpaired) electrons. The van der Waals surface area contributed by atoms with Crippen LogP contribution in [0.1, 0.15) is 15.9 Å². The molecule has 3 N–H and O–H groups in total. The molecular formula is C17H16N2O5S. The Morgan fingerprint density at radius 2 is 2.08 bits per heavy atom. The van der Waals surface area contributed by atoms with Crippen LogP contribution in [0.5, 0.6) is 5.75 Å². The zero-order chi connectivity index (χ0) is 18.2. The lowest BCUT2D eigenvalue weighted by atomic mass is 10.2. The van der Waals surface area contributed by atoms with Gasteiger partial charge < -0.3 is 20.5 Å². The topological polar surface area (TPSA) is 108 Å². The highest BCUT2D eigenvalue weighted by Gasteiger charge is 2.13. The highest BCUT2D eigenvalue weighted by atomic mass is 32.1. The Kier molecular flexibility index (Phi) is 6.30. The predicted molar refractivity (Wildman–Crippen MR) is 94.5 cm³/mol. The van der Waals surface area contributed by atoms with Gasteiger partial charge in [0.15, 0.2) is 6.61 Å². The third-order valence-corrected chi connectivity index (χ3v) is 3.86. The minimum absolute atomic E-state index is 0.211. The lowest BCUT2D eigenvalue weighted by Crippen LogP contribution is -2.21. The molecule has 0 aliphatic heterocycles. The molecule has 0 atom stereocenters. The Morgan fingerprint density at radius 1 is 1.28 bits per heavy atom. The van der Waals surface area contributed by atoms with E-state index in [4.69, 9.17) is 15.2 Å². The van der Waals surface area contributed by atoms with Gasteiger partial charge in [0.2, 0.25) is 0 Å². The Balaban J connectivity index is 1.84. The van der Waals surface area contributed by atoms with Crippen LogP contribution in [0.15, 0.2) is 41.8 Å². The molecule has 1 aromatic heterocycles. The van der Waals surface area contributed by atoms with Gasteiger partial charge in [-0.25, -0.2) is 4.79 Å². The average Bonchev–Trinajstić information content (AvgIpc) is 3.06. The van der Waals surface area contributed by atoms with Crippen LogP contribution in [0.2, 0.25) is 0 Å². The fourth-order valence-corrected chi connectivity index (χ4v) is 2.67. The van der Waals surface area contributed by atoms with Gasteiger partial charge in [-0.15, -0.1) is 11.3 Å². The lowest BCUT2D eigenvalue weighted by Gasteiger charge is -2.05. The summed E-state index contributed by atoms with van der Waals surface area (Å²) in [5.41, 5.74) is 6.15. The molecule has 130 valence electrons. The lowest BCUT2D eigenvalue weighted by molar-refractivity contribution is -0.142. The van der Waals surface area contributed by atoms with E-state index in [-0.39, 0.29) is 5.56 Å². The van der Waals surface area contributed by atoms with Crippen molar-refractivity contribution in [1.82, 2.24) is 0 Å². The average molecular weight is 360 g/mol. The van der Waals surface area contributed by atoms with Gasteiger partial charge >= 0.3 is 5.97 Å². The van der Waals surface area contributed by atoms with Crippen molar-refractivity contribution in [3.05, 3.63) is 52.9 Å². The van der Waals surface area contributed by atoms with Gasteiger partial charge in [-0.1, -0.05) is 12.1 Å². The molecule has 1 aromatic carbocycles. The van der Waals surface area contributed by atoms with Crippen molar-refractivity contribution in [2.24, 2.45) is 5.73 Å². The Hall–Kier alpha value is -3.13. The van der Waals surface area contributed by atoms with Gasteiger partial charge in [-0.2, -0.15) is 0 Å². The van der Waals surface area contributed by atoms with Crippen LogP contribution >= 0.6 is 11.3 Å². The zero-order valence-electron chi connectivity index (χ0n) is 13.4. The molecule has 2 rings (SSSR count). The van der Waals surface area contributed by atoms with Gasteiger partial charge in [0.1, 0.15) is 10.8 Å². The van der Waals surface area contributed by atoms with Gasteiger partial charge in [0.05, 0.1) is 12.7 Å². The predicted octanol–water partition coefficient (Wildman–Crippen LogP) is 2.05. The van der Waals surface area contributed by atoms with Crippen LogP contribution in [0.25, 0.3) is 6.08 Å². The third kappa shape index (κ3) is 5.47. The summed E-state index contributed by atoms with van der Waals surface area (Å²) in [5, 5.41) is 4.42. The van der Waals surface area contributed by atoms with Crippen LogP contribution < -0.4 is 15.8 Å². The molecule has 0 saturated carbocycles. The van der Waals surface area contributed by atoms with Crippen molar-refractivity contribution in [1.29, 1.82) is 0 Å². The molecule has 0 unspecified atom stereocenters. The smallest absolute Gasteiger partial charge is 0.331 e. The van der Waals surface area contributed by atoms with E-state index in [1.54, 1.807) is 42.8 Å². The molecule has 2 aromatic rings. The molecule has 25 heavy (non-hydrogen) atoms. The van der Waals surface area contributed by atoms with Crippen molar-refractivity contribution in [2.45, 2.75) is 0 Å². The number of primary amides is 1. The fourth-order valence-electron chi connectivity index (χ4n) is 1.86. The standard InChI is InChI=1S/C17H16N2O5S/c1-23-12-4-2-3-11(9-12)5-6-15(21)24-10-14(20)19-17-13(16(18)22)7-8-25-17/h2-9H,10H2,1H3,(H2,18,22)(H,19,20). The normalized spacial score (nSPS) is 10.4. The summed E-state index contributed by atoms with van der Waals surface area (Å²) < 4.78 is 9.93. The highest BCUT2D eigenvalue weighted by molar-refractivity contribution is 7.14. The third-order valence-electron chi connectivity index (χ3n) is 3.03. The maximum Gasteiger partial charge on any atom is 0.331 e. The maximum absolute atomic E-state index is 11.8. The molecule has 0 aliphatic carbocycles. The second-order valence-corrected chi connectivity index (χ2v) is 5.71. The number of thiophene rings is 1. The number of nitrogens with one attached hydrogen (secondary N) is 1. The fraction of sp³-hybridized carbons (Fsp3) is 0.118. The number of carbonyl (C=O) groups is 3. The number of hydrogen-bond donors (Lipinski definition) is 2. The summed E-state index contributed by atoms with van der Waals surface area (Å²) in [6.45, 7) is -0.475. The zero-order valence-corrected chi connectivity index (χ0v) is 14.2. The molecule has 7 nitrogen and oxygen atoms in total. The number of carbonyl (C=O) groups excluding carboxylic acids is 3. The van der Waals surface area contributed by atoms with E-state index in [0.29, 0.717) is 10.8 Å². The monoisotopic (exact) mass is 360 g/mol. The first-order valence-corrected chi connectivity index (χ1v) is 8.03. The summed E-state index contributed by atoms with van der Waals surface area (Å²) in [7, 11) is 1.55. The van der Waals surface area contributed by atoms with Crippen molar-refractivity contribution < 1.29 is 23.9 Å². The molecule has 0 spiro atoms. The van der Waals surface area contributed by atoms with E-state index < -0.39 is 24.4 Å². The molecular weight excluding hydrogens is 344 g/mol. The minimum Gasteiger partial charge on any atom is -0.497 e. The van der Waals surface area contributed by atoms with E-state index in [9.17, 15) is 14.4 Å². The summed E-state index contributed by atoms with van der Waals surface area (Å²) in [6, 6.07) is 8.62. The summed E-state index contributed by atoms with van der Waals surface area (Å²) in [6.07, 6.45) is 2.76. The molecule has 0 saturated heterocycles. The van der Waals surface area contributed by atoms with E-state index in [2.05, 4.69) is 5.32 Å². The Labute approximate surface area is 148 Å². The highest BCUT2D eigenvalue weighted by Crippen LogP contribution is 2.22. The van der Waals surface area contributed by atoms with Crippen LogP contribution in [0, 0.1) is 0 Å². The van der Waals surface area contributed by atoms with Crippen LogP contribution in [-0.4, -0.2) is 31.5 Å². The van der Waals surface area contributed by atoms with Crippen molar-refractivity contribution in [3.8, 4) is 5.75 Å². The molecule has 1 heterocycles. The van der Waals surface area contributed by atoms with Gasteiger partial charge in [0, 0.05) is 6.08 Å². The Bertz CT molecular complexity index is 813. The number of benzene rings is 1. The number of amides is 2. The van der Waals surface area contributed by atoms with E-state index in [1.165, 1.54) is 12.1 Å². The first kappa shape index (κ1) is 18.2. The molecule has 2 amide bonds. The largest absolute Gasteiger partial charge is 0.497 e. The van der Waals surface area contributed by atoms with Gasteiger partial charge in [0.25, 0.3) is 11.8 Å².